The van der Waals surface area contributed by atoms with E-state index in [1.807, 2.05) is 56.3 Å². The van der Waals surface area contributed by atoms with Crippen LogP contribution in [0.25, 0.3) is 10.8 Å². The minimum atomic E-state index is -3.76. The van der Waals surface area contributed by atoms with Gasteiger partial charge in [-0.2, -0.15) is 0 Å². The molecule has 0 aliphatic rings. The molecule has 3 N–H and O–H groups in total. The second kappa shape index (κ2) is 11.3. The molecule has 10 heteroatoms. The summed E-state index contributed by atoms with van der Waals surface area (Å²) in [7, 11) is -3.76. The highest BCUT2D eigenvalue weighted by atomic mass is 79.9. The van der Waals surface area contributed by atoms with Gasteiger partial charge in [0.25, 0.3) is 15.9 Å². The van der Waals surface area contributed by atoms with Gasteiger partial charge in [-0.15, -0.1) is 0 Å². The number of sulfonamides is 1. The summed E-state index contributed by atoms with van der Waals surface area (Å²) in [6, 6.07) is 23.1. The van der Waals surface area contributed by atoms with Gasteiger partial charge in [-0.05, 0) is 94.7 Å². The smallest absolute Gasteiger partial charge is 0.264 e. The van der Waals surface area contributed by atoms with Gasteiger partial charge in [0.2, 0.25) is 0 Å². The molecule has 0 radical (unpaired) electrons. The number of carbonyl (C=O) groups excluding carboxylic acids is 1. The fraction of sp³-hybridized carbons (Fsp3) is 0.111. The molecule has 190 valence electrons. The average molecular weight is 599 g/mol. The summed E-state index contributed by atoms with van der Waals surface area (Å²) in [5, 5.41) is 7.52. The van der Waals surface area contributed by atoms with E-state index in [-0.39, 0.29) is 16.6 Å². The second-order valence-corrected chi connectivity index (χ2v) is 11.2. The van der Waals surface area contributed by atoms with Gasteiger partial charge in [-0.3, -0.25) is 14.8 Å². The van der Waals surface area contributed by atoms with E-state index < -0.39 is 15.9 Å². The van der Waals surface area contributed by atoms with E-state index in [2.05, 4.69) is 31.3 Å². The van der Waals surface area contributed by atoms with Crippen LogP contribution in [0.15, 0.2) is 88.2 Å². The normalized spacial score (nSPS) is 11.1. The van der Waals surface area contributed by atoms with E-state index in [0.717, 1.165) is 26.4 Å². The van der Waals surface area contributed by atoms with Crippen molar-refractivity contribution in [3.63, 3.8) is 0 Å². The molecule has 0 aliphatic heterocycles. The van der Waals surface area contributed by atoms with Crippen LogP contribution in [0, 0.1) is 13.8 Å². The van der Waals surface area contributed by atoms with Gasteiger partial charge in [0.05, 0.1) is 15.1 Å². The third-order valence-corrected chi connectivity index (χ3v) is 7.89. The standard InChI is InChI=1S/C27H24BrN3O4S2/c1-17-7-13-23(18(2)15-17)31-37(33,34)21-11-9-20(10-12-21)29-27(36)30-25(32)16-35-24-14-8-19-5-3-4-6-22(19)26(24)28/h3-15,31H,16H2,1-2H3,(H2,29,30,32,36). The van der Waals surface area contributed by atoms with E-state index in [0.29, 0.717) is 17.1 Å². The minimum absolute atomic E-state index is 0.0650. The number of nitrogens with one attached hydrogen (secondary N) is 3. The Balaban J connectivity index is 1.32. The maximum absolute atomic E-state index is 12.8. The van der Waals surface area contributed by atoms with Gasteiger partial charge < -0.3 is 10.1 Å². The Morgan fingerprint density at radius 2 is 1.70 bits per heavy atom. The van der Waals surface area contributed by atoms with Gasteiger partial charge in [-0.25, -0.2) is 8.42 Å². The lowest BCUT2D eigenvalue weighted by molar-refractivity contribution is -0.121. The molecule has 4 aromatic rings. The number of anilines is 2. The number of benzene rings is 4. The van der Waals surface area contributed by atoms with E-state index in [1.165, 1.54) is 12.1 Å². The number of hydrogen-bond acceptors (Lipinski definition) is 5. The number of ether oxygens (including phenoxy) is 1. The zero-order valence-corrected chi connectivity index (χ0v) is 23.3. The Morgan fingerprint density at radius 1 is 0.973 bits per heavy atom. The van der Waals surface area contributed by atoms with Crippen molar-refractivity contribution in [1.82, 2.24) is 5.32 Å². The average Bonchev–Trinajstić information content (AvgIpc) is 2.86. The topological polar surface area (TPSA) is 96.5 Å². The molecule has 0 spiro atoms. The van der Waals surface area contributed by atoms with E-state index in [1.54, 1.807) is 24.3 Å². The molecule has 0 aliphatic carbocycles. The van der Waals surface area contributed by atoms with Crippen molar-refractivity contribution in [2.24, 2.45) is 0 Å². The Kier molecular flexibility index (Phi) is 8.11. The van der Waals surface area contributed by atoms with E-state index >= 15 is 0 Å². The summed E-state index contributed by atoms with van der Waals surface area (Å²) in [4.78, 5) is 12.4. The number of hydrogen-bond donors (Lipinski definition) is 3. The predicted molar refractivity (Wildman–Crippen MR) is 155 cm³/mol. The number of aryl methyl sites for hydroxylation is 2. The molecule has 4 aromatic carbocycles. The second-order valence-electron chi connectivity index (χ2n) is 8.34. The number of thiocarbonyl (C=S) groups is 1. The van der Waals surface area contributed by atoms with Crippen LogP contribution in [-0.2, 0) is 14.8 Å². The number of rotatable bonds is 7. The molecule has 0 aromatic heterocycles. The summed E-state index contributed by atoms with van der Waals surface area (Å²) < 4.78 is 34.6. The number of halogens is 1. The lowest BCUT2D eigenvalue weighted by Gasteiger charge is -2.13. The van der Waals surface area contributed by atoms with Crippen molar-refractivity contribution in [2.75, 3.05) is 16.6 Å². The summed E-state index contributed by atoms with van der Waals surface area (Å²) in [6.45, 7) is 3.56. The molecule has 4 rings (SSSR count). The zero-order chi connectivity index (χ0) is 26.6. The number of amides is 1. The molecule has 37 heavy (non-hydrogen) atoms. The van der Waals surface area contributed by atoms with Gasteiger partial charge in [0, 0.05) is 5.69 Å². The van der Waals surface area contributed by atoms with Crippen LogP contribution in [0.3, 0.4) is 0 Å². The Labute approximate surface area is 229 Å². The third-order valence-electron chi connectivity index (χ3n) is 5.49. The highest BCUT2D eigenvalue weighted by Gasteiger charge is 2.16. The summed E-state index contributed by atoms with van der Waals surface area (Å²) in [5.41, 5.74) is 2.93. The highest BCUT2D eigenvalue weighted by molar-refractivity contribution is 9.10. The molecule has 1 amide bonds. The summed E-state index contributed by atoms with van der Waals surface area (Å²) >= 11 is 8.74. The molecule has 0 fully saturated rings. The molecular weight excluding hydrogens is 574 g/mol. The van der Waals surface area contributed by atoms with Gasteiger partial charge in [-0.1, -0.05) is 48.0 Å². The van der Waals surface area contributed by atoms with Crippen LogP contribution >= 0.6 is 28.1 Å². The fourth-order valence-corrected chi connectivity index (χ4v) is 5.61. The van der Waals surface area contributed by atoms with Crippen LogP contribution in [0.1, 0.15) is 11.1 Å². The first-order chi connectivity index (χ1) is 17.6. The first-order valence-electron chi connectivity index (χ1n) is 11.2. The summed E-state index contributed by atoms with van der Waals surface area (Å²) in [5.74, 6) is 0.105. The maximum Gasteiger partial charge on any atom is 0.264 e. The van der Waals surface area contributed by atoms with Crippen molar-refractivity contribution in [3.8, 4) is 5.75 Å². The molecule has 0 saturated heterocycles. The van der Waals surface area contributed by atoms with E-state index in [4.69, 9.17) is 17.0 Å². The van der Waals surface area contributed by atoms with Crippen LogP contribution < -0.4 is 20.1 Å². The monoisotopic (exact) mass is 597 g/mol. The van der Waals surface area contributed by atoms with Crippen molar-refractivity contribution in [1.29, 1.82) is 0 Å². The zero-order valence-electron chi connectivity index (χ0n) is 20.0. The molecule has 0 heterocycles. The largest absolute Gasteiger partial charge is 0.483 e. The Morgan fingerprint density at radius 3 is 2.43 bits per heavy atom. The van der Waals surface area contributed by atoms with Crippen molar-refractivity contribution >= 4 is 71.3 Å². The van der Waals surface area contributed by atoms with Crippen LogP contribution in [0.4, 0.5) is 11.4 Å². The molecule has 0 atom stereocenters. The fourth-order valence-electron chi connectivity index (χ4n) is 3.64. The highest BCUT2D eigenvalue weighted by Crippen LogP contribution is 2.33. The van der Waals surface area contributed by atoms with Crippen molar-refractivity contribution in [2.45, 2.75) is 18.7 Å². The lowest BCUT2D eigenvalue weighted by Crippen LogP contribution is -2.37. The summed E-state index contributed by atoms with van der Waals surface area (Å²) in [6.07, 6.45) is 0. The first-order valence-corrected chi connectivity index (χ1v) is 13.9. The SMILES string of the molecule is Cc1ccc(NS(=O)(=O)c2ccc(NC(=S)NC(=O)COc3ccc4ccccc4c3Br)cc2)c(C)c1. The van der Waals surface area contributed by atoms with Crippen molar-refractivity contribution < 1.29 is 17.9 Å². The van der Waals surface area contributed by atoms with Crippen molar-refractivity contribution in [3.05, 3.63) is 94.5 Å². The van der Waals surface area contributed by atoms with Crippen LogP contribution in [-0.4, -0.2) is 26.0 Å². The maximum atomic E-state index is 12.8. The molecule has 7 nitrogen and oxygen atoms in total. The van der Waals surface area contributed by atoms with Gasteiger partial charge >= 0.3 is 0 Å². The van der Waals surface area contributed by atoms with Gasteiger partial charge in [0.15, 0.2) is 11.7 Å². The molecule has 0 unspecified atom stereocenters. The number of carbonyl (C=O) groups is 1. The van der Waals surface area contributed by atoms with Crippen LogP contribution in [0.5, 0.6) is 5.75 Å². The Hall–Kier alpha value is -3.47. The minimum Gasteiger partial charge on any atom is -0.483 e. The first kappa shape index (κ1) is 26.6. The number of fused-ring (bicyclic) bond motifs is 1. The van der Waals surface area contributed by atoms with Crippen LogP contribution in [0.2, 0.25) is 0 Å². The predicted octanol–water partition coefficient (Wildman–Crippen LogP) is 5.91. The van der Waals surface area contributed by atoms with Gasteiger partial charge in [0.1, 0.15) is 5.75 Å². The van der Waals surface area contributed by atoms with E-state index in [9.17, 15) is 13.2 Å². The Bertz CT molecular complexity index is 1590. The molecular formula is C27H24BrN3O4S2. The molecule has 0 saturated carbocycles. The third kappa shape index (κ3) is 6.65. The lowest BCUT2D eigenvalue weighted by atomic mass is 10.1. The molecule has 0 bridgehead atoms. The quantitative estimate of drug-likeness (QED) is 0.229.